The summed E-state index contributed by atoms with van der Waals surface area (Å²) in [5.74, 6) is -0.888. The van der Waals surface area contributed by atoms with Crippen molar-refractivity contribution in [2.45, 2.75) is 32.7 Å². The largest absolute Gasteiger partial charge is 0.334 e. The van der Waals surface area contributed by atoms with Crippen LogP contribution in [0, 0.1) is 0 Å². The van der Waals surface area contributed by atoms with E-state index in [2.05, 4.69) is 15.4 Å². The lowest BCUT2D eigenvalue weighted by Gasteiger charge is -2.34. The first-order valence-electron chi connectivity index (χ1n) is 10.4. The van der Waals surface area contributed by atoms with Gasteiger partial charge < -0.3 is 20.0 Å². The number of fused-ring (bicyclic) bond motifs is 1. The summed E-state index contributed by atoms with van der Waals surface area (Å²) in [6, 6.07) is 1.80. The third kappa shape index (κ3) is 3.94. The van der Waals surface area contributed by atoms with Crippen molar-refractivity contribution in [1.82, 2.24) is 29.5 Å². The van der Waals surface area contributed by atoms with E-state index in [4.69, 9.17) is 0 Å². The average molecular weight is 413 g/mol. The van der Waals surface area contributed by atoms with Gasteiger partial charge in [0.05, 0.1) is 18.1 Å². The molecular formula is C20H27N7O3. The van der Waals surface area contributed by atoms with Crippen LogP contribution in [0.15, 0.2) is 18.5 Å². The molecule has 160 valence electrons. The lowest BCUT2D eigenvalue weighted by Crippen LogP contribution is -2.54. The SMILES string of the molecule is CC(C)n1ncc2cc(NC(=O)N3CCN(C(=O)C(=O)N4CCCC4)CC3)cnc21. The van der Waals surface area contributed by atoms with E-state index < -0.39 is 11.8 Å². The van der Waals surface area contributed by atoms with Crippen molar-refractivity contribution >= 4 is 34.6 Å². The van der Waals surface area contributed by atoms with E-state index in [-0.39, 0.29) is 12.1 Å². The third-order valence-electron chi connectivity index (χ3n) is 5.60. The molecule has 4 rings (SSSR count). The smallest absolute Gasteiger partial charge is 0.322 e. The van der Waals surface area contributed by atoms with Gasteiger partial charge in [-0.2, -0.15) is 5.10 Å². The Kier molecular flexibility index (Phi) is 5.56. The Morgan fingerprint density at radius 1 is 0.900 bits per heavy atom. The number of likely N-dealkylation sites (tertiary alicyclic amines) is 1. The number of amides is 4. The van der Waals surface area contributed by atoms with E-state index in [1.54, 1.807) is 27.1 Å². The quantitative estimate of drug-likeness (QED) is 0.748. The van der Waals surface area contributed by atoms with Crippen LogP contribution in [0.3, 0.4) is 0 Å². The number of nitrogens with one attached hydrogen (secondary N) is 1. The van der Waals surface area contributed by atoms with E-state index in [9.17, 15) is 14.4 Å². The maximum absolute atomic E-state index is 12.6. The highest BCUT2D eigenvalue weighted by atomic mass is 16.2. The normalized spacial score (nSPS) is 17.1. The van der Waals surface area contributed by atoms with E-state index in [0.717, 1.165) is 23.9 Å². The van der Waals surface area contributed by atoms with Crippen LogP contribution < -0.4 is 5.32 Å². The molecule has 10 nitrogen and oxygen atoms in total. The van der Waals surface area contributed by atoms with Gasteiger partial charge in [-0.1, -0.05) is 0 Å². The summed E-state index contributed by atoms with van der Waals surface area (Å²) in [5.41, 5.74) is 1.37. The van der Waals surface area contributed by atoms with Gasteiger partial charge in [0.25, 0.3) is 0 Å². The highest BCUT2D eigenvalue weighted by Crippen LogP contribution is 2.19. The Labute approximate surface area is 174 Å². The minimum Gasteiger partial charge on any atom is -0.334 e. The summed E-state index contributed by atoms with van der Waals surface area (Å²) in [6.45, 7) is 6.84. The molecule has 1 N–H and O–H groups in total. The first-order valence-corrected chi connectivity index (χ1v) is 10.4. The van der Waals surface area contributed by atoms with Crippen molar-refractivity contribution in [3.05, 3.63) is 18.5 Å². The molecule has 2 aromatic rings. The molecule has 10 heteroatoms. The molecule has 0 aliphatic carbocycles. The van der Waals surface area contributed by atoms with Crippen molar-refractivity contribution in [3.8, 4) is 0 Å². The molecule has 30 heavy (non-hydrogen) atoms. The number of carbonyl (C=O) groups excluding carboxylic acids is 3. The molecule has 2 saturated heterocycles. The van der Waals surface area contributed by atoms with Gasteiger partial charge in [-0.25, -0.2) is 14.5 Å². The third-order valence-corrected chi connectivity index (χ3v) is 5.60. The number of nitrogens with zero attached hydrogens (tertiary/aromatic N) is 6. The number of piperazine rings is 1. The fourth-order valence-corrected chi connectivity index (χ4v) is 3.89. The minimum atomic E-state index is -0.464. The standard InChI is InChI=1S/C20H27N7O3/c1-14(2)27-17-15(12-22-27)11-16(13-21-17)23-20(30)26-9-7-25(8-10-26)19(29)18(28)24-5-3-4-6-24/h11-14H,3-10H2,1-2H3,(H,23,30). The second-order valence-electron chi connectivity index (χ2n) is 8.03. The summed E-state index contributed by atoms with van der Waals surface area (Å²) < 4.78 is 1.83. The zero-order valence-corrected chi connectivity index (χ0v) is 17.4. The fourth-order valence-electron chi connectivity index (χ4n) is 3.89. The zero-order valence-electron chi connectivity index (χ0n) is 17.4. The number of aromatic nitrogens is 3. The van der Waals surface area contributed by atoms with Crippen LogP contribution in [0.2, 0.25) is 0 Å². The van der Waals surface area contributed by atoms with Crippen molar-refractivity contribution < 1.29 is 14.4 Å². The Bertz CT molecular complexity index is 956. The van der Waals surface area contributed by atoms with E-state index >= 15 is 0 Å². The molecule has 2 fully saturated rings. The maximum Gasteiger partial charge on any atom is 0.322 e. The summed E-state index contributed by atoms with van der Waals surface area (Å²) in [7, 11) is 0. The molecule has 4 heterocycles. The van der Waals surface area contributed by atoms with Crippen LogP contribution in [0.4, 0.5) is 10.5 Å². The molecule has 2 aromatic heterocycles. The van der Waals surface area contributed by atoms with E-state index in [0.29, 0.717) is 45.0 Å². The number of hydrogen-bond acceptors (Lipinski definition) is 5. The average Bonchev–Trinajstić information content (AvgIpc) is 3.42. The first kappa shape index (κ1) is 20.1. The Hall–Kier alpha value is -3.17. The van der Waals surface area contributed by atoms with Crippen molar-refractivity contribution in [2.24, 2.45) is 0 Å². The first-order chi connectivity index (χ1) is 14.4. The number of anilines is 1. The van der Waals surface area contributed by atoms with Gasteiger partial charge in [-0.15, -0.1) is 0 Å². The molecule has 0 spiro atoms. The van der Waals surface area contributed by atoms with Crippen LogP contribution in [-0.2, 0) is 9.59 Å². The second kappa shape index (κ2) is 8.29. The number of hydrogen-bond donors (Lipinski definition) is 1. The molecule has 4 amide bonds. The van der Waals surface area contributed by atoms with Gasteiger partial charge in [0.15, 0.2) is 5.65 Å². The number of rotatable bonds is 2. The molecule has 0 saturated carbocycles. The Morgan fingerprint density at radius 2 is 1.50 bits per heavy atom. The van der Waals surface area contributed by atoms with Gasteiger partial charge in [0, 0.05) is 50.7 Å². The van der Waals surface area contributed by atoms with Crippen LogP contribution >= 0.6 is 0 Å². The fraction of sp³-hybridized carbons (Fsp3) is 0.550. The lowest BCUT2D eigenvalue weighted by atomic mass is 10.3. The van der Waals surface area contributed by atoms with Crippen molar-refractivity contribution in [3.63, 3.8) is 0 Å². The number of urea groups is 1. The van der Waals surface area contributed by atoms with Crippen LogP contribution in [0.25, 0.3) is 11.0 Å². The number of pyridine rings is 1. The van der Waals surface area contributed by atoms with E-state index in [1.165, 1.54) is 0 Å². The summed E-state index contributed by atoms with van der Waals surface area (Å²) >= 11 is 0. The Morgan fingerprint density at radius 3 is 2.13 bits per heavy atom. The summed E-state index contributed by atoms with van der Waals surface area (Å²) in [6.07, 6.45) is 5.26. The lowest BCUT2D eigenvalue weighted by molar-refractivity contribution is -0.152. The highest BCUT2D eigenvalue weighted by molar-refractivity contribution is 6.35. The van der Waals surface area contributed by atoms with Gasteiger partial charge in [-0.05, 0) is 32.8 Å². The van der Waals surface area contributed by atoms with Gasteiger partial charge in [-0.3, -0.25) is 9.59 Å². The maximum atomic E-state index is 12.6. The summed E-state index contributed by atoms with van der Waals surface area (Å²) in [5, 5.41) is 8.06. The van der Waals surface area contributed by atoms with E-state index in [1.807, 2.05) is 24.6 Å². The highest BCUT2D eigenvalue weighted by Gasteiger charge is 2.31. The van der Waals surface area contributed by atoms with Crippen LogP contribution in [0.1, 0.15) is 32.7 Å². The monoisotopic (exact) mass is 413 g/mol. The molecule has 0 bridgehead atoms. The van der Waals surface area contributed by atoms with Gasteiger partial charge in [0.2, 0.25) is 0 Å². The van der Waals surface area contributed by atoms with Gasteiger partial charge >= 0.3 is 17.8 Å². The van der Waals surface area contributed by atoms with Gasteiger partial charge in [0.1, 0.15) is 0 Å². The molecule has 2 aliphatic heterocycles. The predicted molar refractivity (Wildman–Crippen MR) is 111 cm³/mol. The molecular weight excluding hydrogens is 386 g/mol. The van der Waals surface area contributed by atoms with Crippen molar-refractivity contribution in [2.75, 3.05) is 44.6 Å². The van der Waals surface area contributed by atoms with Crippen LogP contribution in [-0.4, -0.2) is 86.6 Å². The number of carbonyl (C=O) groups is 3. The zero-order chi connectivity index (χ0) is 21.3. The molecule has 2 aliphatic rings. The molecule has 0 atom stereocenters. The second-order valence-corrected chi connectivity index (χ2v) is 8.03. The summed E-state index contributed by atoms with van der Waals surface area (Å²) in [4.78, 5) is 46.6. The molecule has 0 unspecified atom stereocenters. The van der Waals surface area contributed by atoms with Crippen molar-refractivity contribution in [1.29, 1.82) is 0 Å². The molecule has 0 radical (unpaired) electrons. The minimum absolute atomic E-state index is 0.201. The molecule has 0 aromatic carbocycles. The topological polar surface area (TPSA) is 104 Å². The Balaban J connectivity index is 1.32. The van der Waals surface area contributed by atoms with Crippen LogP contribution in [0.5, 0.6) is 0 Å². The predicted octanol–water partition coefficient (Wildman–Crippen LogP) is 1.31.